The van der Waals surface area contributed by atoms with Gasteiger partial charge in [-0.2, -0.15) is 0 Å². The van der Waals surface area contributed by atoms with Gasteiger partial charge in [-0.05, 0) is 131 Å². The van der Waals surface area contributed by atoms with Gasteiger partial charge in [-0.25, -0.2) is 0 Å². The molecule has 65 heavy (non-hydrogen) atoms. The van der Waals surface area contributed by atoms with Gasteiger partial charge in [0.1, 0.15) is 0 Å². The third-order valence-corrected chi connectivity index (χ3v) is 14.7. The lowest BCUT2D eigenvalue weighted by Crippen LogP contribution is -2.26. The van der Waals surface area contributed by atoms with E-state index in [4.69, 9.17) is 0 Å². The SMILES string of the molecule is CC1(C)c2cc(-c3ccccc3)ccc2-c2ccc(N(c3ccc(-c4ccccc4)cc3)c3cccc4c3-c3ccccc3C43c4ccccc4-c4c(-c5ccccc5)cccc43)cc21. The smallest absolute Gasteiger partial charge is 0.0726 e. The molecule has 0 aliphatic heterocycles. The minimum Gasteiger partial charge on any atom is -0.310 e. The van der Waals surface area contributed by atoms with Crippen LogP contribution in [-0.2, 0) is 10.8 Å². The molecule has 3 aliphatic rings. The Hall–Kier alpha value is -8.00. The van der Waals surface area contributed by atoms with Crippen LogP contribution in [0.1, 0.15) is 47.2 Å². The van der Waals surface area contributed by atoms with Crippen LogP contribution in [0.15, 0.2) is 237 Å². The van der Waals surface area contributed by atoms with Crippen LogP contribution in [0.5, 0.6) is 0 Å². The number of hydrogen-bond donors (Lipinski definition) is 0. The number of anilines is 3. The topological polar surface area (TPSA) is 3.24 Å². The van der Waals surface area contributed by atoms with Crippen LogP contribution in [0.3, 0.4) is 0 Å². The first kappa shape index (κ1) is 37.5. The van der Waals surface area contributed by atoms with Crippen LogP contribution in [0.2, 0.25) is 0 Å². The average molecular weight is 828 g/mol. The van der Waals surface area contributed by atoms with Crippen molar-refractivity contribution < 1.29 is 0 Å². The van der Waals surface area contributed by atoms with Crippen molar-refractivity contribution in [2.45, 2.75) is 24.7 Å². The van der Waals surface area contributed by atoms with Gasteiger partial charge in [0, 0.05) is 22.4 Å². The van der Waals surface area contributed by atoms with E-state index < -0.39 is 5.41 Å². The summed E-state index contributed by atoms with van der Waals surface area (Å²) >= 11 is 0. The molecule has 1 atom stereocenters. The Morgan fingerprint density at radius 2 is 0.723 bits per heavy atom. The van der Waals surface area contributed by atoms with E-state index in [0.717, 1.165) is 11.4 Å². The third-order valence-electron chi connectivity index (χ3n) is 14.7. The van der Waals surface area contributed by atoms with Crippen molar-refractivity contribution in [3.8, 4) is 66.8 Å². The molecule has 1 heteroatoms. The summed E-state index contributed by atoms with van der Waals surface area (Å²) in [5.41, 5.74) is 26.0. The monoisotopic (exact) mass is 827 g/mol. The van der Waals surface area contributed by atoms with E-state index in [0.29, 0.717) is 0 Å². The molecule has 1 spiro atoms. The van der Waals surface area contributed by atoms with E-state index in [2.05, 4.69) is 255 Å². The summed E-state index contributed by atoms with van der Waals surface area (Å²) in [6.45, 7) is 4.79. The van der Waals surface area contributed by atoms with Crippen LogP contribution in [0.25, 0.3) is 66.8 Å². The molecule has 0 N–H and O–H groups in total. The molecule has 0 aromatic heterocycles. The predicted octanol–water partition coefficient (Wildman–Crippen LogP) is 16.8. The average Bonchev–Trinajstić information content (AvgIpc) is 3.93. The maximum absolute atomic E-state index is 2.53. The molecule has 0 radical (unpaired) electrons. The third kappa shape index (κ3) is 5.39. The zero-order valence-corrected chi connectivity index (χ0v) is 36.5. The molecule has 306 valence electrons. The second-order valence-electron chi connectivity index (χ2n) is 18.4. The molecule has 13 rings (SSSR count). The second-order valence-corrected chi connectivity index (χ2v) is 18.4. The Morgan fingerprint density at radius 1 is 0.277 bits per heavy atom. The molecule has 10 aromatic carbocycles. The summed E-state index contributed by atoms with van der Waals surface area (Å²) in [5.74, 6) is 0. The number of fused-ring (bicyclic) bond motifs is 13. The van der Waals surface area contributed by atoms with Gasteiger partial charge in [-0.3, -0.25) is 0 Å². The van der Waals surface area contributed by atoms with Crippen molar-refractivity contribution in [2.24, 2.45) is 0 Å². The zero-order chi connectivity index (χ0) is 43.3. The van der Waals surface area contributed by atoms with Crippen molar-refractivity contribution >= 4 is 17.1 Å². The van der Waals surface area contributed by atoms with E-state index >= 15 is 0 Å². The first-order valence-electron chi connectivity index (χ1n) is 22.8. The lowest BCUT2D eigenvalue weighted by atomic mass is 9.70. The maximum atomic E-state index is 2.53. The first-order chi connectivity index (χ1) is 32.0. The molecule has 10 aromatic rings. The summed E-state index contributed by atoms with van der Waals surface area (Å²) in [6, 6.07) is 88.2. The molecule has 3 aliphatic carbocycles. The van der Waals surface area contributed by atoms with Gasteiger partial charge in [0.15, 0.2) is 0 Å². The van der Waals surface area contributed by atoms with Gasteiger partial charge in [0.25, 0.3) is 0 Å². The number of hydrogen-bond acceptors (Lipinski definition) is 1. The van der Waals surface area contributed by atoms with E-state index in [1.807, 2.05) is 0 Å². The van der Waals surface area contributed by atoms with Crippen LogP contribution in [0.4, 0.5) is 17.1 Å². The molecule has 0 heterocycles. The minimum atomic E-state index is -0.500. The molecule has 1 unspecified atom stereocenters. The van der Waals surface area contributed by atoms with Gasteiger partial charge in [0.05, 0.1) is 11.1 Å². The van der Waals surface area contributed by atoms with Gasteiger partial charge < -0.3 is 4.90 Å². The largest absolute Gasteiger partial charge is 0.310 e. The lowest BCUT2D eigenvalue weighted by Gasteiger charge is -2.32. The number of benzene rings is 10. The van der Waals surface area contributed by atoms with Gasteiger partial charge in [0.2, 0.25) is 0 Å². The van der Waals surface area contributed by atoms with E-state index in [-0.39, 0.29) is 5.41 Å². The molecule has 0 saturated carbocycles. The second kappa shape index (κ2) is 14.3. The van der Waals surface area contributed by atoms with Crippen LogP contribution >= 0.6 is 0 Å². The normalized spacial score (nSPS) is 15.4. The van der Waals surface area contributed by atoms with Crippen molar-refractivity contribution in [2.75, 3.05) is 4.90 Å². The van der Waals surface area contributed by atoms with E-state index in [1.165, 1.54) is 106 Å². The van der Waals surface area contributed by atoms with Crippen LogP contribution in [-0.4, -0.2) is 0 Å². The Balaban J connectivity index is 1.04. The Kier molecular flexibility index (Phi) is 8.24. The number of rotatable bonds is 6. The Bertz CT molecular complexity index is 3490. The summed E-state index contributed by atoms with van der Waals surface area (Å²) in [5, 5.41) is 0. The Morgan fingerprint density at radius 3 is 1.38 bits per heavy atom. The summed E-state index contributed by atoms with van der Waals surface area (Å²) in [7, 11) is 0. The van der Waals surface area contributed by atoms with E-state index in [9.17, 15) is 0 Å². The molecular formula is C64H45N. The van der Waals surface area contributed by atoms with Gasteiger partial charge in [-0.1, -0.05) is 214 Å². The molecule has 0 saturated heterocycles. The fourth-order valence-corrected chi connectivity index (χ4v) is 11.8. The Labute approximate surface area is 381 Å². The first-order valence-corrected chi connectivity index (χ1v) is 22.8. The highest BCUT2D eigenvalue weighted by molar-refractivity contribution is 6.04. The molecule has 0 bridgehead atoms. The highest BCUT2D eigenvalue weighted by Crippen LogP contribution is 2.66. The van der Waals surface area contributed by atoms with Gasteiger partial charge in [-0.15, -0.1) is 0 Å². The van der Waals surface area contributed by atoms with Crippen LogP contribution < -0.4 is 4.90 Å². The molecule has 0 amide bonds. The lowest BCUT2D eigenvalue weighted by molar-refractivity contribution is 0.660. The molecule has 1 nitrogen and oxygen atoms in total. The van der Waals surface area contributed by atoms with Crippen molar-refractivity contribution in [3.05, 3.63) is 270 Å². The summed E-state index contributed by atoms with van der Waals surface area (Å²) in [6.07, 6.45) is 0. The fourth-order valence-electron chi connectivity index (χ4n) is 11.8. The highest BCUT2D eigenvalue weighted by Gasteiger charge is 2.53. The summed E-state index contributed by atoms with van der Waals surface area (Å²) < 4.78 is 0. The zero-order valence-electron chi connectivity index (χ0n) is 36.5. The number of nitrogens with zero attached hydrogens (tertiary/aromatic N) is 1. The quantitative estimate of drug-likeness (QED) is 0.161. The standard InChI is InChI=1S/C64H45N/c1-63(2)58-40-46(43-20-8-4-9-21-43)34-38-50(58)51-39-37-48(41-59(51)63)65(47-35-32-44(33-36-47)42-18-6-3-7-19-42)60-31-17-30-57-62(60)53-25-13-15-28-55(53)64(57)54-27-14-12-24-52(54)61-49(26-16-29-56(61)64)45-22-10-5-11-23-45/h3-41H,1-2H3. The van der Waals surface area contributed by atoms with Crippen LogP contribution in [0, 0.1) is 0 Å². The molecular weight excluding hydrogens is 783 g/mol. The maximum Gasteiger partial charge on any atom is 0.0726 e. The predicted molar refractivity (Wildman–Crippen MR) is 271 cm³/mol. The van der Waals surface area contributed by atoms with Crippen molar-refractivity contribution in [1.29, 1.82) is 0 Å². The summed E-state index contributed by atoms with van der Waals surface area (Å²) in [4.78, 5) is 2.53. The highest BCUT2D eigenvalue weighted by atomic mass is 15.1. The minimum absolute atomic E-state index is 0.211. The van der Waals surface area contributed by atoms with Crippen molar-refractivity contribution in [1.82, 2.24) is 0 Å². The van der Waals surface area contributed by atoms with Gasteiger partial charge >= 0.3 is 0 Å². The molecule has 0 fully saturated rings. The fraction of sp³-hybridized carbons (Fsp3) is 0.0625. The van der Waals surface area contributed by atoms with E-state index in [1.54, 1.807) is 0 Å². The van der Waals surface area contributed by atoms with Crippen molar-refractivity contribution in [3.63, 3.8) is 0 Å².